The number of alkyl halides is 3. The Bertz CT molecular complexity index is 384. The molecule has 1 atom stereocenters. The van der Waals surface area contributed by atoms with Crippen molar-refractivity contribution >= 4 is 11.8 Å². The maximum Gasteiger partial charge on any atom is 0.417 e. The fourth-order valence-electron chi connectivity index (χ4n) is 1.33. The highest BCUT2D eigenvalue weighted by molar-refractivity contribution is 7.99. The van der Waals surface area contributed by atoms with Gasteiger partial charge < -0.3 is 9.84 Å². The van der Waals surface area contributed by atoms with Crippen LogP contribution in [0.25, 0.3) is 0 Å². The molecule has 0 spiro atoms. The van der Waals surface area contributed by atoms with Crippen molar-refractivity contribution in [3.05, 3.63) is 23.9 Å². The smallest absolute Gasteiger partial charge is 0.390 e. The van der Waals surface area contributed by atoms with Gasteiger partial charge in [0.05, 0.1) is 23.3 Å². The summed E-state index contributed by atoms with van der Waals surface area (Å²) in [6.07, 6.45) is -2.25. The summed E-state index contributed by atoms with van der Waals surface area (Å²) in [4.78, 5) is 3.72. The molecule has 0 fully saturated rings. The molecule has 0 amide bonds. The number of hydrogen-bond donors (Lipinski definition) is 1. The van der Waals surface area contributed by atoms with Gasteiger partial charge in [0.15, 0.2) is 0 Å². The first-order valence-corrected chi connectivity index (χ1v) is 7.34. The molecule has 7 heteroatoms. The largest absolute Gasteiger partial charge is 0.417 e. The number of halogens is 3. The molecular formula is C13H18F3NO2S. The number of rotatable bonds is 8. The summed E-state index contributed by atoms with van der Waals surface area (Å²) in [6, 6.07) is 2.29. The van der Waals surface area contributed by atoms with Crippen LogP contribution in [0, 0.1) is 0 Å². The minimum Gasteiger partial charge on any atom is -0.390 e. The molecule has 1 unspecified atom stereocenters. The molecule has 1 aromatic heterocycles. The Morgan fingerprint density at radius 1 is 1.40 bits per heavy atom. The molecule has 0 saturated heterocycles. The van der Waals surface area contributed by atoms with Crippen LogP contribution in [-0.2, 0) is 10.9 Å². The summed E-state index contributed by atoms with van der Waals surface area (Å²) in [6.45, 7) is 2.89. The van der Waals surface area contributed by atoms with E-state index < -0.39 is 17.8 Å². The summed E-state index contributed by atoms with van der Waals surface area (Å²) < 4.78 is 42.3. The zero-order valence-electron chi connectivity index (χ0n) is 11.2. The van der Waals surface area contributed by atoms with Gasteiger partial charge in [-0.1, -0.05) is 13.3 Å². The van der Waals surface area contributed by atoms with Gasteiger partial charge >= 0.3 is 6.18 Å². The Balaban J connectivity index is 2.31. The molecular weight excluding hydrogens is 291 g/mol. The lowest BCUT2D eigenvalue weighted by Crippen LogP contribution is -2.18. The highest BCUT2D eigenvalue weighted by atomic mass is 32.2. The van der Waals surface area contributed by atoms with Crippen molar-refractivity contribution in [2.24, 2.45) is 0 Å². The van der Waals surface area contributed by atoms with Gasteiger partial charge in [0.1, 0.15) is 0 Å². The molecule has 0 aliphatic carbocycles. The summed E-state index contributed by atoms with van der Waals surface area (Å²) in [5.41, 5.74) is -0.773. The van der Waals surface area contributed by atoms with E-state index in [9.17, 15) is 18.3 Å². The zero-order valence-corrected chi connectivity index (χ0v) is 12.0. The van der Waals surface area contributed by atoms with E-state index in [2.05, 4.69) is 4.98 Å². The van der Waals surface area contributed by atoms with Crippen LogP contribution >= 0.6 is 11.8 Å². The molecule has 3 nitrogen and oxygen atoms in total. The number of unbranched alkanes of at least 4 members (excludes halogenated alkanes) is 1. The average Bonchev–Trinajstić information content (AvgIpc) is 2.41. The van der Waals surface area contributed by atoms with E-state index in [-0.39, 0.29) is 6.61 Å². The molecule has 0 aliphatic rings. The number of pyridine rings is 1. The van der Waals surface area contributed by atoms with Gasteiger partial charge in [-0.05, 0) is 18.6 Å². The minimum atomic E-state index is -4.37. The third kappa shape index (κ3) is 6.58. The second-order valence-corrected chi connectivity index (χ2v) is 5.32. The van der Waals surface area contributed by atoms with Crippen LogP contribution in [0.2, 0.25) is 0 Å². The van der Waals surface area contributed by atoms with E-state index in [1.54, 1.807) is 0 Å². The summed E-state index contributed by atoms with van der Waals surface area (Å²) in [5.74, 6) is 0.338. The molecule has 1 heterocycles. The molecule has 1 aromatic rings. The zero-order chi connectivity index (χ0) is 15.0. The lowest BCUT2D eigenvalue weighted by atomic mass is 10.3. The average molecular weight is 309 g/mol. The van der Waals surface area contributed by atoms with Crippen molar-refractivity contribution in [3.8, 4) is 0 Å². The number of aromatic nitrogens is 1. The van der Waals surface area contributed by atoms with E-state index in [1.165, 1.54) is 17.8 Å². The van der Waals surface area contributed by atoms with Gasteiger partial charge in [-0.3, -0.25) is 0 Å². The Morgan fingerprint density at radius 3 is 2.70 bits per heavy atom. The van der Waals surface area contributed by atoms with E-state index in [0.717, 1.165) is 25.1 Å². The third-order valence-electron chi connectivity index (χ3n) is 2.44. The minimum absolute atomic E-state index is 0.230. The van der Waals surface area contributed by atoms with Gasteiger partial charge in [-0.25, -0.2) is 4.98 Å². The Kier molecular flexibility index (Phi) is 7.32. The van der Waals surface area contributed by atoms with E-state index in [0.29, 0.717) is 17.4 Å². The highest BCUT2D eigenvalue weighted by Gasteiger charge is 2.30. The van der Waals surface area contributed by atoms with Gasteiger partial charge in [-0.15, -0.1) is 11.8 Å². The standard InChI is InChI=1S/C13H18F3NO2S/c1-2-3-6-19-8-11(18)9-20-12-5-4-10(7-17-12)13(14,15)16/h4-5,7,11,18H,2-3,6,8-9H2,1H3. The molecule has 0 aromatic carbocycles. The molecule has 20 heavy (non-hydrogen) atoms. The van der Waals surface area contributed by atoms with Crippen LogP contribution in [0.5, 0.6) is 0 Å². The van der Waals surface area contributed by atoms with Crippen molar-refractivity contribution in [3.63, 3.8) is 0 Å². The molecule has 0 aliphatic heterocycles. The fraction of sp³-hybridized carbons (Fsp3) is 0.615. The van der Waals surface area contributed by atoms with Gasteiger partial charge in [0, 0.05) is 18.6 Å². The maximum absolute atomic E-state index is 12.3. The molecule has 1 N–H and O–H groups in total. The van der Waals surface area contributed by atoms with Crippen LogP contribution in [0.4, 0.5) is 13.2 Å². The van der Waals surface area contributed by atoms with E-state index >= 15 is 0 Å². The number of aliphatic hydroxyl groups is 1. The van der Waals surface area contributed by atoms with Gasteiger partial charge in [-0.2, -0.15) is 13.2 Å². The number of thioether (sulfide) groups is 1. The van der Waals surface area contributed by atoms with Crippen LogP contribution < -0.4 is 0 Å². The van der Waals surface area contributed by atoms with Crippen LogP contribution in [0.3, 0.4) is 0 Å². The third-order valence-corrected chi connectivity index (χ3v) is 3.53. The normalized spacial score (nSPS) is 13.4. The Labute approximate surface area is 120 Å². The fourth-order valence-corrected chi connectivity index (χ4v) is 2.08. The first-order chi connectivity index (χ1) is 9.43. The Morgan fingerprint density at radius 2 is 2.15 bits per heavy atom. The van der Waals surface area contributed by atoms with Gasteiger partial charge in [0.2, 0.25) is 0 Å². The summed E-state index contributed by atoms with van der Waals surface area (Å²) in [5, 5.41) is 10.1. The second kappa shape index (κ2) is 8.49. The predicted molar refractivity (Wildman–Crippen MR) is 71.7 cm³/mol. The highest BCUT2D eigenvalue weighted by Crippen LogP contribution is 2.29. The van der Waals surface area contributed by atoms with E-state index in [1.807, 2.05) is 6.92 Å². The van der Waals surface area contributed by atoms with Crippen molar-refractivity contribution < 1.29 is 23.0 Å². The topological polar surface area (TPSA) is 42.4 Å². The van der Waals surface area contributed by atoms with Crippen LogP contribution in [-0.4, -0.2) is 35.2 Å². The SMILES string of the molecule is CCCCOCC(O)CSc1ccc(C(F)(F)F)cn1. The van der Waals surface area contributed by atoms with Crippen molar-refractivity contribution in [1.29, 1.82) is 0 Å². The molecule has 0 radical (unpaired) electrons. The number of hydrogen-bond acceptors (Lipinski definition) is 4. The first-order valence-electron chi connectivity index (χ1n) is 6.35. The number of aliphatic hydroxyl groups excluding tert-OH is 1. The van der Waals surface area contributed by atoms with E-state index in [4.69, 9.17) is 4.74 Å². The van der Waals surface area contributed by atoms with Crippen LogP contribution in [0.1, 0.15) is 25.3 Å². The lowest BCUT2D eigenvalue weighted by Gasteiger charge is -2.11. The maximum atomic E-state index is 12.3. The molecule has 0 saturated carbocycles. The first kappa shape index (κ1) is 17.3. The predicted octanol–water partition coefficient (Wildman–Crippen LogP) is 3.37. The quantitative estimate of drug-likeness (QED) is 0.590. The molecule has 1 rings (SSSR count). The monoisotopic (exact) mass is 309 g/mol. The van der Waals surface area contributed by atoms with Crippen molar-refractivity contribution in [2.45, 2.75) is 37.1 Å². The van der Waals surface area contributed by atoms with Crippen molar-refractivity contribution in [1.82, 2.24) is 4.98 Å². The summed E-state index contributed by atoms with van der Waals surface area (Å²) >= 11 is 1.20. The number of nitrogens with zero attached hydrogens (tertiary/aromatic N) is 1. The summed E-state index contributed by atoms with van der Waals surface area (Å²) in [7, 11) is 0. The van der Waals surface area contributed by atoms with Crippen molar-refractivity contribution in [2.75, 3.05) is 19.0 Å². The van der Waals surface area contributed by atoms with Gasteiger partial charge in [0.25, 0.3) is 0 Å². The lowest BCUT2D eigenvalue weighted by molar-refractivity contribution is -0.137. The van der Waals surface area contributed by atoms with Crippen LogP contribution in [0.15, 0.2) is 23.4 Å². The molecule has 0 bridgehead atoms. The second-order valence-electron chi connectivity index (χ2n) is 4.28. The molecule has 114 valence electrons. The Hall–Kier alpha value is -0.790. The number of ether oxygens (including phenoxy) is 1.